The molecule has 4 rings (SSSR count). The molecule has 0 N–H and O–H groups in total. The van der Waals surface area contributed by atoms with E-state index in [1.54, 1.807) is 30.7 Å². The first kappa shape index (κ1) is 22.3. The van der Waals surface area contributed by atoms with Crippen molar-refractivity contribution in [2.24, 2.45) is 10.1 Å². The van der Waals surface area contributed by atoms with E-state index in [-0.39, 0.29) is 19.0 Å². The highest BCUT2D eigenvalue weighted by Gasteiger charge is 2.47. The van der Waals surface area contributed by atoms with Gasteiger partial charge in [-0.3, -0.25) is 4.90 Å². The lowest BCUT2D eigenvalue weighted by molar-refractivity contribution is -0.139. The highest BCUT2D eigenvalue weighted by molar-refractivity contribution is 6.41. The molecule has 0 amide bonds. The molecule has 2 aliphatic rings. The van der Waals surface area contributed by atoms with Crippen molar-refractivity contribution in [3.8, 4) is 0 Å². The number of ether oxygens (including phenoxy) is 2. The summed E-state index contributed by atoms with van der Waals surface area (Å²) in [7, 11) is 0. The van der Waals surface area contributed by atoms with Gasteiger partial charge in [0.05, 0.1) is 36.2 Å². The lowest BCUT2D eigenvalue weighted by Gasteiger charge is -2.35. The molecule has 0 saturated heterocycles. The molecular weight excluding hydrogens is 420 g/mol. The molecule has 1 atom stereocenters. The summed E-state index contributed by atoms with van der Waals surface area (Å²) >= 11 is 0. The van der Waals surface area contributed by atoms with Gasteiger partial charge < -0.3 is 9.47 Å². The zero-order valence-corrected chi connectivity index (χ0v) is 19.1. The second-order valence-corrected chi connectivity index (χ2v) is 7.61. The number of amidine groups is 1. The number of carbonyl (C=O) groups is 2. The highest BCUT2D eigenvalue weighted by Crippen LogP contribution is 2.40. The number of benzene rings is 2. The Bertz CT molecular complexity index is 1150. The summed E-state index contributed by atoms with van der Waals surface area (Å²) in [5.74, 6) is -0.604. The summed E-state index contributed by atoms with van der Waals surface area (Å²) in [5.41, 5.74) is 3.50. The maximum atomic E-state index is 13.0. The highest BCUT2D eigenvalue weighted by atomic mass is 16.5. The largest absolute Gasteiger partial charge is 0.463 e. The number of hydrogen-bond donors (Lipinski definition) is 0. The minimum absolute atomic E-state index is 0.0549. The van der Waals surface area contributed by atoms with Gasteiger partial charge in [0, 0.05) is 0 Å². The molecule has 0 aromatic heterocycles. The van der Waals surface area contributed by atoms with Crippen LogP contribution in [0.15, 0.2) is 76.0 Å². The summed E-state index contributed by atoms with van der Waals surface area (Å²) in [4.78, 5) is 32.4. The van der Waals surface area contributed by atoms with E-state index < -0.39 is 18.0 Å². The molecule has 170 valence electrons. The topological polar surface area (TPSA) is 83.8 Å². The van der Waals surface area contributed by atoms with Crippen LogP contribution < -0.4 is 5.01 Å². The molecule has 0 aliphatic carbocycles. The van der Waals surface area contributed by atoms with Crippen molar-refractivity contribution in [3.05, 3.63) is 77.0 Å². The number of fused-ring (bicyclic) bond motifs is 1. The maximum Gasteiger partial charge on any atom is 0.376 e. The second-order valence-electron chi connectivity index (χ2n) is 7.61. The minimum Gasteiger partial charge on any atom is -0.463 e. The fourth-order valence-corrected chi connectivity index (χ4v) is 3.87. The molecule has 2 aromatic rings. The van der Waals surface area contributed by atoms with Crippen molar-refractivity contribution in [2.45, 2.75) is 33.7 Å². The van der Waals surface area contributed by atoms with Crippen LogP contribution in [0.3, 0.4) is 0 Å². The van der Waals surface area contributed by atoms with Crippen molar-refractivity contribution in [1.82, 2.24) is 4.90 Å². The molecule has 0 fully saturated rings. The first-order valence-corrected chi connectivity index (χ1v) is 10.9. The summed E-state index contributed by atoms with van der Waals surface area (Å²) < 4.78 is 10.7. The van der Waals surface area contributed by atoms with E-state index in [0.717, 1.165) is 16.8 Å². The molecule has 8 heteroatoms. The van der Waals surface area contributed by atoms with Crippen LogP contribution in [-0.2, 0) is 19.1 Å². The Kier molecular flexibility index (Phi) is 6.26. The SMILES string of the molecule is CCOC(=O)C1=NN(c2ccc(C)cc2)C2=NC(C)=C(C(=O)OCC)[C@@H](c3ccccc3)N12. The van der Waals surface area contributed by atoms with Crippen molar-refractivity contribution in [1.29, 1.82) is 0 Å². The lowest BCUT2D eigenvalue weighted by Crippen LogP contribution is -2.47. The molecule has 0 bridgehead atoms. The lowest BCUT2D eigenvalue weighted by atomic mass is 9.94. The fraction of sp³-hybridized carbons (Fsp3) is 0.280. The van der Waals surface area contributed by atoms with Crippen LogP contribution >= 0.6 is 0 Å². The van der Waals surface area contributed by atoms with Gasteiger partial charge in [-0.25, -0.2) is 14.6 Å². The Morgan fingerprint density at radius 3 is 2.18 bits per heavy atom. The van der Waals surface area contributed by atoms with Gasteiger partial charge in [0.25, 0.3) is 0 Å². The quantitative estimate of drug-likeness (QED) is 0.625. The molecule has 2 aromatic carbocycles. The van der Waals surface area contributed by atoms with E-state index in [4.69, 9.17) is 14.5 Å². The Balaban J connectivity index is 1.92. The van der Waals surface area contributed by atoms with Gasteiger partial charge in [-0.15, -0.1) is 5.10 Å². The number of guanidine groups is 1. The van der Waals surface area contributed by atoms with Crippen molar-refractivity contribution in [2.75, 3.05) is 18.2 Å². The summed E-state index contributed by atoms with van der Waals surface area (Å²) in [5, 5.41) is 6.20. The monoisotopic (exact) mass is 446 g/mol. The van der Waals surface area contributed by atoms with Gasteiger partial charge in [-0.1, -0.05) is 48.0 Å². The van der Waals surface area contributed by atoms with Gasteiger partial charge >= 0.3 is 11.9 Å². The Hall–Kier alpha value is -3.94. The zero-order chi connectivity index (χ0) is 23.5. The molecule has 0 unspecified atom stereocenters. The first-order valence-electron chi connectivity index (χ1n) is 10.9. The van der Waals surface area contributed by atoms with Crippen LogP contribution in [0.1, 0.15) is 37.9 Å². The van der Waals surface area contributed by atoms with Gasteiger partial charge in [-0.2, -0.15) is 5.01 Å². The molecule has 33 heavy (non-hydrogen) atoms. The van der Waals surface area contributed by atoms with Crippen molar-refractivity contribution in [3.63, 3.8) is 0 Å². The molecule has 0 radical (unpaired) electrons. The van der Waals surface area contributed by atoms with Crippen LogP contribution in [0.25, 0.3) is 0 Å². The van der Waals surface area contributed by atoms with Crippen LogP contribution in [0, 0.1) is 6.92 Å². The Labute approximate surface area is 192 Å². The number of carbonyl (C=O) groups excluding carboxylic acids is 2. The van der Waals surface area contributed by atoms with Crippen molar-refractivity contribution >= 4 is 29.4 Å². The smallest absolute Gasteiger partial charge is 0.376 e. The number of esters is 2. The average Bonchev–Trinajstić information content (AvgIpc) is 3.18. The number of anilines is 1. The van der Waals surface area contributed by atoms with E-state index in [9.17, 15) is 9.59 Å². The average molecular weight is 447 g/mol. The van der Waals surface area contributed by atoms with E-state index in [2.05, 4.69) is 5.10 Å². The van der Waals surface area contributed by atoms with Crippen LogP contribution in [0.2, 0.25) is 0 Å². The summed E-state index contributed by atoms with van der Waals surface area (Å²) in [6, 6.07) is 16.5. The van der Waals surface area contributed by atoms with Gasteiger partial charge in [0.2, 0.25) is 11.8 Å². The first-order chi connectivity index (χ1) is 16.0. The third-order valence-electron chi connectivity index (χ3n) is 5.36. The summed E-state index contributed by atoms with van der Waals surface area (Å²) in [6.07, 6.45) is 0. The normalized spacial score (nSPS) is 17.4. The minimum atomic E-state index is -0.656. The van der Waals surface area contributed by atoms with E-state index in [0.29, 0.717) is 17.2 Å². The second kappa shape index (κ2) is 9.28. The molecule has 0 saturated carbocycles. The number of rotatable bonds is 6. The number of hydrazone groups is 1. The van der Waals surface area contributed by atoms with Gasteiger partial charge in [0.1, 0.15) is 0 Å². The Morgan fingerprint density at radius 2 is 1.55 bits per heavy atom. The molecule has 2 heterocycles. The third-order valence-corrected chi connectivity index (χ3v) is 5.36. The van der Waals surface area contributed by atoms with E-state index in [1.807, 2.05) is 61.5 Å². The molecule has 8 nitrogen and oxygen atoms in total. The Morgan fingerprint density at radius 1 is 0.909 bits per heavy atom. The number of aryl methyl sites for hydroxylation is 1. The third kappa shape index (κ3) is 4.11. The molecular formula is C25H26N4O4. The number of hydrogen-bond acceptors (Lipinski definition) is 8. The maximum absolute atomic E-state index is 13.0. The van der Waals surface area contributed by atoms with E-state index in [1.165, 1.54) is 0 Å². The molecule has 2 aliphatic heterocycles. The summed E-state index contributed by atoms with van der Waals surface area (Å²) in [6.45, 7) is 7.67. The van der Waals surface area contributed by atoms with Crippen LogP contribution in [0.5, 0.6) is 0 Å². The predicted molar refractivity (Wildman–Crippen MR) is 126 cm³/mol. The zero-order valence-electron chi connectivity index (χ0n) is 19.1. The number of allylic oxidation sites excluding steroid dienone is 1. The standard InChI is InChI=1S/C25H26N4O4/c1-5-32-23(30)20-17(4)26-25-28(21(20)18-10-8-7-9-11-18)22(24(31)33-6-2)27-29(25)19-14-12-16(3)13-15-19/h7-15,21H,5-6H2,1-4H3/t21-/m1/s1. The predicted octanol–water partition coefficient (Wildman–Crippen LogP) is 3.94. The number of aliphatic imine (C=N–C) groups is 1. The van der Waals surface area contributed by atoms with Crippen LogP contribution in [0.4, 0.5) is 5.69 Å². The van der Waals surface area contributed by atoms with Crippen LogP contribution in [-0.4, -0.2) is 41.8 Å². The molecule has 0 spiro atoms. The van der Waals surface area contributed by atoms with Gasteiger partial charge in [-0.05, 0) is 45.4 Å². The fourth-order valence-electron chi connectivity index (χ4n) is 3.87. The number of nitrogens with zero attached hydrogens (tertiary/aromatic N) is 4. The van der Waals surface area contributed by atoms with Crippen molar-refractivity contribution < 1.29 is 19.1 Å². The van der Waals surface area contributed by atoms with E-state index >= 15 is 0 Å². The van der Waals surface area contributed by atoms with Gasteiger partial charge in [0.15, 0.2) is 0 Å².